The van der Waals surface area contributed by atoms with Gasteiger partial charge in [-0.3, -0.25) is 4.79 Å². The van der Waals surface area contributed by atoms with Crippen molar-refractivity contribution in [2.75, 3.05) is 18.5 Å². The lowest BCUT2D eigenvalue weighted by atomic mass is 10.0. The van der Waals surface area contributed by atoms with Crippen molar-refractivity contribution < 1.29 is 22.7 Å². The molecule has 0 atom stereocenters. The first-order valence-corrected chi connectivity index (χ1v) is 7.63. The van der Waals surface area contributed by atoms with Crippen LogP contribution < -0.4 is 5.32 Å². The van der Waals surface area contributed by atoms with Gasteiger partial charge in [-0.25, -0.2) is 4.99 Å². The van der Waals surface area contributed by atoms with Gasteiger partial charge < -0.3 is 10.1 Å². The van der Waals surface area contributed by atoms with Crippen molar-refractivity contribution in [3.05, 3.63) is 64.7 Å². The van der Waals surface area contributed by atoms with Crippen molar-refractivity contribution >= 4 is 17.5 Å². The van der Waals surface area contributed by atoms with Crippen molar-refractivity contribution in [3.8, 4) is 0 Å². The first kappa shape index (κ1) is 17.0. The molecule has 2 aromatic rings. The summed E-state index contributed by atoms with van der Waals surface area (Å²) < 4.78 is 45.1. The molecule has 0 radical (unpaired) electrons. The normalized spacial score (nSPS) is 14.0. The van der Waals surface area contributed by atoms with E-state index in [0.29, 0.717) is 30.3 Å². The summed E-state index contributed by atoms with van der Waals surface area (Å²) in [6.45, 7) is 2.42. The Kier molecular flexibility index (Phi) is 4.48. The first-order valence-electron chi connectivity index (χ1n) is 7.63. The number of amides is 1. The number of ether oxygens (including phenoxy) is 1. The molecule has 0 fully saturated rings. The fourth-order valence-corrected chi connectivity index (χ4v) is 2.67. The summed E-state index contributed by atoms with van der Waals surface area (Å²) in [5, 5.41) is 2.56. The molecular formula is C18H15F3N2O2. The summed E-state index contributed by atoms with van der Waals surface area (Å²) in [6, 6.07) is 10.4. The molecule has 4 nitrogen and oxygen atoms in total. The Labute approximate surface area is 142 Å². The van der Waals surface area contributed by atoms with Gasteiger partial charge in [-0.1, -0.05) is 24.3 Å². The maximum atomic E-state index is 13.2. The van der Waals surface area contributed by atoms with Crippen LogP contribution in [0.15, 0.2) is 47.5 Å². The molecule has 0 saturated carbocycles. The predicted molar refractivity (Wildman–Crippen MR) is 87.9 cm³/mol. The van der Waals surface area contributed by atoms with Crippen LogP contribution in [0.5, 0.6) is 0 Å². The number of alkyl halides is 3. The molecule has 25 heavy (non-hydrogen) atoms. The molecule has 130 valence electrons. The fraction of sp³-hybridized carbons (Fsp3) is 0.222. The number of nitrogens with one attached hydrogen (secondary N) is 1. The van der Waals surface area contributed by atoms with E-state index < -0.39 is 17.6 Å². The quantitative estimate of drug-likeness (QED) is 0.910. The zero-order chi connectivity index (χ0) is 18.0. The fourth-order valence-electron chi connectivity index (χ4n) is 2.67. The molecule has 0 unspecified atom stereocenters. The zero-order valence-electron chi connectivity index (χ0n) is 13.4. The average Bonchev–Trinajstić information content (AvgIpc) is 3.08. The molecule has 1 amide bonds. The highest BCUT2D eigenvalue weighted by Gasteiger charge is 2.36. The lowest BCUT2D eigenvalue weighted by molar-refractivity contribution is -0.137. The summed E-state index contributed by atoms with van der Waals surface area (Å²) in [7, 11) is 0. The van der Waals surface area contributed by atoms with Gasteiger partial charge in [-0.05, 0) is 30.7 Å². The highest BCUT2D eigenvalue weighted by molar-refractivity contribution is 6.10. The number of carbonyl (C=O) groups excluding carboxylic acids is 1. The average molecular weight is 348 g/mol. The molecule has 1 heterocycles. The summed E-state index contributed by atoms with van der Waals surface area (Å²) in [5.74, 6) is -0.451. The molecule has 2 aromatic carbocycles. The summed E-state index contributed by atoms with van der Waals surface area (Å²) in [6.07, 6.45) is -4.61. The van der Waals surface area contributed by atoms with Crippen LogP contribution in [0.1, 0.15) is 27.0 Å². The van der Waals surface area contributed by atoms with Crippen LogP contribution in [0.3, 0.4) is 0 Å². The number of nitrogens with zero attached hydrogens (tertiary/aromatic N) is 1. The van der Waals surface area contributed by atoms with Crippen LogP contribution in [-0.4, -0.2) is 25.0 Å². The van der Waals surface area contributed by atoms with Crippen molar-refractivity contribution in [2.45, 2.75) is 13.1 Å². The van der Waals surface area contributed by atoms with Crippen LogP contribution >= 0.6 is 0 Å². The van der Waals surface area contributed by atoms with Crippen molar-refractivity contribution in [1.29, 1.82) is 0 Å². The van der Waals surface area contributed by atoms with Crippen LogP contribution in [0, 0.1) is 6.92 Å². The Hall–Kier alpha value is -2.83. The van der Waals surface area contributed by atoms with Gasteiger partial charge in [0.15, 0.2) is 0 Å². The number of halogens is 3. The Morgan fingerprint density at radius 1 is 1.16 bits per heavy atom. The number of anilines is 1. The molecule has 7 heteroatoms. The van der Waals surface area contributed by atoms with E-state index in [-0.39, 0.29) is 11.1 Å². The maximum Gasteiger partial charge on any atom is 0.417 e. The van der Waals surface area contributed by atoms with Gasteiger partial charge in [0, 0.05) is 0 Å². The highest BCUT2D eigenvalue weighted by Crippen LogP contribution is 2.34. The number of rotatable bonds is 3. The van der Waals surface area contributed by atoms with Crippen LogP contribution in [-0.2, 0) is 10.9 Å². The monoisotopic (exact) mass is 348 g/mol. The molecule has 0 spiro atoms. The number of carbonyl (C=O) groups is 1. The minimum Gasteiger partial charge on any atom is -0.475 e. The predicted octanol–water partition coefficient (Wildman–Crippen LogP) is 4.04. The zero-order valence-corrected chi connectivity index (χ0v) is 13.4. The molecular weight excluding hydrogens is 333 g/mol. The minimum absolute atomic E-state index is 0.249. The maximum absolute atomic E-state index is 13.2. The molecule has 0 aromatic heterocycles. The molecule has 1 N–H and O–H groups in total. The minimum atomic E-state index is -4.61. The van der Waals surface area contributed by atoms with Gasteiger partial charge >= 0.3 is 6.18 Å². The smallest absolute Gasteiger partial charge is 0.417 e. The second-order valence-corrected chi connectivity index (χ2v) is 5.53. The molecule has 0 saturated heterocycles. The van der Waals surface area contributed by atoms with Crippen LogP contribution in [0.4, 0.5) is 18.9 Å². The van der Waals surface area contributed by atoms with Gasteiger partial charge in [0.2, 0.25) is 5.90 Å². The van der Waals surface area contributed by atoms with E-state index in [1.54, 1.807) is 24.3 Å². The number of aliphatic imine (C=N–C) groups is 1. The van der Waals surface area contributed by atoms with E-state index in [0.717, 1.165) is 6.07 Å². The third kappa shape index (κ3) is 3.50. The molecule has 0 aliphatic carbocycles. The second-order valence-electron chi connectivity index (χ2n) is 5.53. The third-order valence-electron chi connectivity index (χ3n) is 3.80. The SMILES string of the molecule is Cc1cccc(C(F)(F)F)c1C(=O)Nc1ccccc1C1=NCCO1. The largest absolute Gasteiger partial charge is 0.475 e. The van der Waals surface area contributed by atoms with Gasteiger partial charge in [-0.15, -0.1) is 0 Å². The number of aryl methyl sites for hydroxylation is 1. The molecule has 1 aliphatic rings. The molecule has 3 rings (SSSR count). The van der Waals surface area contributed by atoms with E-state index in [4.69, 9.17) is 4.74 Å². The van der Waals surface area contributed by atoms with Crippen molar-refractivity contribution in [3.63, 3.8) is 0 Å². The highest BCUT2D eigenvalue weighted by atomic mass is 19.4. The van der Waals surface area contributed by atoms with Gasteiger partial charge in [-0.2, -0.15) is 13.2 Å². The van der Waals surface area contributed by atoms with Crippen molar-refractivity contribution in [1.82, 2.24) is 0 Å². The van der Waals surface area contributed by atoms with Crippen LogP contribution in [0.2, 0.25) is 0 Å². The van der Waals surface area contributed by atoms with E-state index in [9.17, 15) is 18.0 Å². The van der Waals surface area contributed by atoms with Gasteiger partial charge in [0.1, 0.15) is 6.61 Å². The Balaban J connectivity index is 1.97. The summed E-state index contributed by atoms with van der Waals surface area (Å²) in [4.78, 5) is 16.8. The molecule has 0 bridgehead atoms. The molecule has 1 aliphatic heterocycles. The standard InChI is InChI=1S/C18H15F3N2O2/c1-11-5-4-7-13(18(19,20)21)15(11)16(24)23-14-8-3-2-6-12(14)17-22-9-10-25-17/h2-8H,9-10H2,1H3,(H,23,24). The van der Waals surface area contributed by atoms with E-state index >= 15 is 0 Å². The number of hydrogen-bond donors (Lipinski definition) is 1. The van der Waals surface area contributed by atoms with Gasteiger partial charge in [0.05, 0.1) is 28.9 Å². The first-order chi connectivity index (χ1) is 11.9. The number of hydrogen-bond acceptors (Lipinski definition) is 3. The van der Waals surface area contributed by atoms with Crippen molar-refractivity contribution in [2.24, 2.45) is 4.99 Å². The lowest BCUT2D eigenvalue weighted by Gasteiger charge is -2.16. The third-order valence-corrected chi connectivity index (χ3v) is 3.80. The Bertz CT molecular complexity index is 844. The second kappa shape index (κ2) is 6.58. The van der Waals surface area contributed by atoms with Crippen LogP contribution in [0.25, 0.3) is 0 Å². The van der Waals surface area contributed by atoms with E-state index in [2.05, 4.69) is 10.3 Å². The Morgan fingerprint density at radius 3 is 2.60 bits per heavy atom. The summed E-state index contributed by atoms with van der Waals surface area (Å²) in [5.41, 5.74) is -0.213. The summed E-state index contributed by atoms with van der Waals surface area (Å²) >= 11 is 0. The topological polar surface area (TPSA) is 50.7 Å². The Morgan fingerprint density at radius 2 is 1.92 bits per heavy atom. The van der Waals surface area contributed by atoms with E-state index in [1.165, 1.54) is 19.1 Å². The number of para-hydroxylation sites is 1. The van der Waals surface area contributed by atoms with E-state index in [1.807, 2.05) is 0 Å². The number of benzene rings is 2. The van der Waals surface area contributed by atoms with Gasteiger partial charge in [0.25, 0.3) is 5.91 Å². The lowest BCUT2D eigenvalue weighted by Crippen LogP contribution is -2.21.